The molecular formula is C13H19FN2O3S. The van der Waals surface area contributed by atoms with Gasteiger partial charge in [0.05, 0.1) is 0 Å². The summed E-state index contributed by atoms with van der Waals surface area (Å²) in [5.74, 6) is -0.329. The summed E-state index contributed by atoms with van der Waals surface area (Å²) in [6.07, 6.45) is 0.141. The van der Waals surface area contributed by atoms with Crippen LogP contribution in [-0.2, 0) is 16.4 Å². The van der Waals surface area contributed by atoms with E-state index >= 15 is 0 Å². The van der Waals surface area contributed by atoms with Gasteiger partial charge in [0.25, 0.3) is 0 Å². The molecular weight excluding hydrogens is 283 g/mol. The molecule has 0 fully saturated rings. The van der Waals surface area contributed by atoms with Crippen LogP contribution in [-0.4, -0.2) is 38.5 Å². The van der Waals surface area contributed by atoms with Crippen molar-refractivity contribution in [1.82, 2.24) is 4.31 Å². The Balaban J connectivity index is 2.54. The lowest BCUT2D eigenvalue weighted by Crippen LogP contribution is -2.31. The fourth-order valence-electron chi connectivity index (χ4n) is 2.39. The first-order valence-corrected chi connectivity index (χ1v) is 8.07. The summed E-state index contributed by atoms with van der Waals surface area (Å²) >= 11 is 0. The smallest absolute Gasteiger partial charge is 0.246 e. The van der Waals surface area contributed by atoms with Crippen LogP contribution in [0.1, 0.15) is 19.4 Å². The van der Waals surface area contributed by atoms with E-state index in [-0.39, 0.29) is 23.3 Å². The molecule has 1 atom stereocenters. The van der Waals surface area contributed by atoms with Crippen molar-refractivity contribution in [3.8, 4) is 5.75 Å². The summed E-state index contributed by atoms with van der Waals surface area (Å²) < 4.78 is 45.6. The van der Waals surface area contributed by atoms with Gasteiger partial charge in [-0.05, 0) is 12.1 Å². The van der Waals surface area contributed by atoms with Crippen molar-refractivity contribution < 1.29 is 17.5 Å². The molecule has 0 saturated carbocycles. The van der Waals surface area contributed by atoms with Crippen LogP contribution in [0.25, 0.3) is 0 Å². The molecule has 0 saturated heterocycles. The number of rotatable bonds is 5. The van der Waals surface area contributed by atoms with E-state index in [4.69, 9.17) is 10.5 Å². The summed E-state index contributed by atoms with van der Waals surface area (Å²) in [7, 11) is -3.75. The Morgan fingerprint density at radius 1 is 1.40 bits per heavy atom. The molecule has 1 aliphatic heterocycles. The number of fused-ring (bicyclic) bond motifs is 1. The van der Waals surface area contributed by atoms with Crippen LogP contribution in [0, 0.1) is 5.82 Å². The predicted octanol–water partition coefficient (Wildman–Crippen LogP) is 1.12. The minimum Gasteiger partial charge on any atom is -0.487 e. The van der Waals surface area contributed by atoms with Crippen molar-refractivity contribution in [1.29, 1.82) is 0 Å². The highest BCUT2D eigenvalue weighted by Crippen LogP contribution is 2.37. The van der Waals surface area contributed by atoms with Crippen LogP contribution in [0.3, 0.4) is 0 Å². The molecule has 0 aromatic heterocycles. The van der Waals surface area contributed by atoms with Gasteiger partial charge in [0.2, 0.25) is 10.0 Å². The molecule has 1 aliphatic rings. The molecule has 5 nitrogen and oxygen atoms in total. The average molecular weight is 302 g/mol. The second-order valence-electron chi connectivity index (χ2n) is 4.66. The molecule has 2 N–H and O–H groups in total. The van der Waals surface area contributed by atoms with E-state index in [9.17, 15) is 12.8 Å². The Morgan fingerprint density at radius 2 is 2.05 bits per heavy atom. The highest BCUT2D eigenvalue weighted by Gasteiger charge is 2.33. The summed E-state index contributed by atoms with van der Waals surface area (Å²) in [5, 5.41) is 0. The normalized spacial score (nSPS) is 18.1. The Hall–Kier alpha value is -1.18. The first-order valence-electron chi connectivity index (χ1n) is 6.63. The lowest BCUT2D eigenvalue weighted by molar-refractivity contribution is 0.235. The van der Waals surface area contributed by atoms with Gasteiger partial charge in [-0.15, -0.1) is 0 Å². The van der Waals surface area contributed by atoms with Crippen molar-refractivity contribution in [2.24, 2.45) is 5.73 Å². The Labute approximate surface area is 118 Å². The topological polar surface area (TPSA) is 72.6 Å². The van der Waals surface area contributed by atoms with Gasteiger partial charge in [0, 0.05) is 31.6 Å². The van der Waals surface area contributed by atoms with Gasteiger partial charge in [-0.2, -0.15) is 4.31 Å². The van der Waals surface area contributed by atoms with Crippen LogP contribution in [0.4, 0.5) is 4.39 Å². The molecule has 112 valence electrons. The fraction of sp³-hybridized carbons (Fsp3) is 0.538. The minimum atomic E-state index is -3.75. The summed E-state index contributed by atoms with van der Waals surface area (Å²) in [6, 6.07) is 2.33. The van der Waals surface area contributed by atoms with Crippen molar-refractivity contribution in [3.63, 3.8) is 0 Å². The second kappa shape index (κ2) is 5.67. The second-order valence-corrected chi connectivity index (χ2v) is 6.57. The van der Waals surface area contributed by atoms with Crippen LogP contribution >= 0.6 is 0 Å². The van der Waals surface area contributed by atoms with E-state index in [1.807, 2.05) is 0 Å². The highest BCUT2D eigenvalue weighted by atomic mass is 32.2. The highest BCUT2D eigenvalue weighted by molar-refractivity contribution is 7.89. The van der Waals surface area contributed by atoms with Crippen LogP contribution in [0.2, 0.25) is 0 Å². The zero-order valence-corrected chi connectivity index (χ0v) is 12.4. The first-order chi connectivity index (χ1) is 9.43. The van der Waals surface area contributed by atoms with E-state index in [1.54, 1.807) is 13.8 Å². The number of nitrogens with zero attached hydrogens (tertiary/aromatic N) is 1. The van der Waals surface area contributed by atoms with Gasteiger partial charge in [-0.25, -0.2) is 12.8 Å². The van der Waals surface area contributed by atoms with Crippen molar-refractivity contribution in [2.45, 2.75) is 31.3 Å². The van der Waals surface area contributed by atoms with Crippen molar-refractivity contribution >= 4 is 10.0 Å². The van der Waals surface area contributed by atoms with Crippen molar-refractivity contribution in [3.05, 3.63) is 23.5 Å². The zero-order chi connectivity index (χ0) is 14.9. The third-order valence-corrected chi connectivity index (χ3v) is 5.47. The number of hydrogen-bond donors (Lipinski definition) is 1. The molecule has 1 aromatic rings. The maximum absolute atomic E-state index is 13.7. The number of benzene rings is 1. The molecule has 0 spiro atoms. The molecule has 0 aliphatic carbocycles. The molecule has 1 aromatic carbocycles. The van der Waals surface area contributed by atoms with E-state index in [0.717, 1.165) is 6.07 Å². The number of halogens is 1. The summed E-state index contributed by atoms with van der Waals surface area (Å²) in [6.45, 7) is 4.39. The Kier molecular flexibility index (Phi) is 4.31. The molecule has 1 heterocycles. The van der Waals surface area contributed by atoms with E-state index in [2.05, 4.69) is 0 Å². The predicted molar refractivity (Wildman–Crippen MR) is 73.7 cm³/mol. The quantitative estimate of drug-likeness (QED) is 0.884. The molecule has 20 heavy (non-hydrogen) atoms. The fourth-order valence-corrected chi connectivity index (χ4v) is 4.02. The molecule has 1 unspecified atom stereocenters. The van der Waals surface area contributed by atoms with Gasteiger partial charge >= 0.3 is 0 Å². The molecule has 0 amide bonds. The van der Waals surface area contributed by atoms with Gasteiger partial charge in [0.15, 0.2) is 0 Å². The minimum absolute atomic E-state index is 0.104. The number of nitrogens with two attached hydrogens (primary N) is 1. The number of ether oxygens (including phenoxy) is 1. The molecule has 2 rings (SSSR count). The molecule has 0 bridgehead atoms. The zero-order valence-electron chi connectivity index (χ0n) is 11.6. The maximum Gasteiger partial charge on any atom is 0.246 e. The SMILES string of the molecule is CCN(CC)S(=O)(=O)c1cc(F)cc2c1OC(CN)C2. The maximum atomic E-state index is 13.7. The van der Waals surface area contributed by atoms with Crippen LogP contribution in [0.15, 0.2) is 17.0 Å². The van der Waals surface area contributed by atoms with E-state index in [0.29, 0.717) is 25.1 Å². The number of sulfonamides is 1. The van der Waals surface area contributed by atoms with Gasteiger partial charge < -0.3 is 10.5 Å². The van der Waals surface area contributed by atoms with Crippen molar-refractivity contribution in [2.75, 3.05) is 19.6 Å². The van der Waals surface area contributed by atoms with Crippen LogP contribution < -0.4 is 10.5 Å². The largest absolute Gasteiger partial charge is 0.487 e. The third-order valence-electron chi connectivity index (χ3n) is 3.41. The molecule has 7 heteroatoms. The summed E-state index contributed by atoms with van der Waals surface area (Å²) in [5.41, 5.74) is 6.11. The Bertz CT molecular complexity index is 600. The third kappa shape index (κ3) is 2.53. The van der Waals surface area contributed by atoms with Gasteiger partial charge in [-0.3, -0.25) is 0 Å². The monoisotopic (exact) mass is 302 g/mol. The molecule has 0 radical (unpaired) electrons. The van der Waals surface area contributed by atoms with Crippen LogP contribution in [0.5, 0.6) is 5.75 Å². The van der Waals surface area contributed by atoms with Gasteiger partial charge in [0.1, 0.15) is 22.6 Å². The Morgan fingerprint density at radius 3 is 2.60 bits per heavy atom. The number of hydrogen-bond acceptors (Lipinski definition) is 4. The van der Waals surface area contributed by atoms with Gasteiger partial charge in [-0.1, -0.05) is 13.8 Å². The summed E-state index contributed by atoms with van der Waals surface area (Å²) in [4.78, 5) is -0.104. The van der Waals surface area contributed by atoms with E-state index < -0.39 is 15.8 Å². The lowest BCUT2D eigenvalue weighted by atomic mass is 10.1. The first kappa shape index (κ1) is 15.2. The lowest BCUT2D eigenvalue weighted by Gasteiger charge is -2.20. The standard InChI is InChI=1S/C13H19FN2O3S/c1-3-16(4-2)20(17,18)12-7-10(14)5-9-6-11(8-15)19-13(9)12/h5,7,11H,3-4,6,8,15H2,1-2H3. The van der Waals surface area contributed by atoms with E-state index in [1.165, 1.54) is 10.4 Å². The average Bonchev–Trinajstić information content (AvgIpc) is 2.81.